The van der Waals surface area contributed by atoms with Crippen LogP contribution in [-0.4, -0.2) is 9.32 Å². The van der Waals surface area contributed by atoms with Crippen LogP contribution in [0.2, 0.25) is 0 Å². The summed E-state index contributed by atoms with van der Waals surface area (Å²) >= 11 is 12.2. The van der Waals surface area contributed by atoms with Crippen LogP contribution >= 0.6 is 23.2 Å². The molecule has 0 saturated heterocycles. The second-order valence-corrected chi connectivity index (χ2v) is 4.27. The van der Waals surface area contributed by atoms with Crippen molar-refractivity contribution in [1.29, 1.82) is 0 Å². The van der Waals surface area contributed by atoms with Gasteiger partial charge < -0.3 is 4.42 Å². The van der Waals surface area contributed by atoms with Crippen LogP contribution in [0.25, 0.3) is 5.57 Å². The first-order chi connectivity index (χ1) is 6.20. The molecular formula is C9H7Cl2NO. The second kappa shape index (κ2) is 3.20. The summed E-state index contributed by atoms with van der Waals surface area (Å²) < 4.78 is 4.23. The van der Waals surface area contributed by atoms with E-state index in [4.69, 9.17) is 27.6 Å². The van der Waals surface area contributed by atoms with Crippen LogP contribution in [0.15, 0.2) is 35.2 Å². The fourth-order valence-corrected chi connectivity index (χ4v) is 1.71. The van der Waals surface area contributed by atoms with Gasteiger partial charge in [-0.3, -0.25) is 0 Å². The molecule has 0 radical (unpaired) electrons. The molecule has 1 aromatic rings. The number of nitrogens with zero attached hydrogens (tertiary/aromatic N) is 1. The molecule has 1 aliphatic carbocycles. The van der Waals surface area contributed by atoms with Gasteiger partial charge in [-0.1, -0.05) is 41.4 Å². The summed E-state index contributed by atoms with van der Waals surface area (Å²) in [5.41, 5.74) is 0.760. The summed E-state index contributed by atoms with van der Waals surface area (Å²) in [5, 5.41) is 0. The lowest BCUT2D eigenvalue weighted by atomic mass is 10.0. The van der Waals surface area contributed by atoms with Crippen molar-refractivity contribution in [3.8, 4) is 0 Å². The van der Waals surface area contributed by atoms with Crippen LogP contribution in [0.5, 0.6) is 0 Å². The highest BCUT2D eigenvalue weighted by Crippen LogP contribution is 2.42. The van der Waals surface area contributed by atoms with Crippen LogP contribution in [0.1, 0.15) is 12.2 Å². The van der Waals surface area contributed by atoms with E-state index < -0.39 is 4.33 Å². The smallest absolute Gasteiger partial charge is 0.181 e. The average molecular weight is 216 g/mol. The van der Waals surface area contributed by atoms with Crippen molar-refractivity contribution in [2.45, 2.75) is 10.8 Å². The Morgan fingerprint density at radius 3 is 2.92 bits per heavy atom. The Labute approximate surface area is 85.9 Å². The van der Waals surface area contributed by atoms with Gasteiger partial charge in [0.15, 0.2) is 12.2 Å². The lowest BCUT2D eigenvalue weighted by molar-refractivity contribution is 0.540. The molecule has 0 aromatic carbocycles. The fourth-order valence-electron chi connectivity index (χ4n) is 1.22. The van der Waals surface area contributed by atoms with E-state index in [1.165, 1.54) is 6.39 Å². The van der Waals surface area contributed by atoms with Crippen LogP contribution in [0.3, 0.4) is 0 Å². The number of halogens is 2. The van der Waals surface area contributed by atoms with Crippen molar-refractivity contribution in [2.75, 3.05) is 0 Å². The largest absolute Gasteiger partial charge is 0.444 e. The summed E-state index contributed by atoms with van der Waals surface area (Å²) in [6, 6.07) is 0. The molecule has 4 heteroatoms. The molecule has 2 nitrogen and oxygen atoms in total. The van der Waals surface area contributed by atoms with E-state index in [1.54, 1.807) is 6.20 Å². The predicted octanol–water partition coefficient (Wildman–Crippen LogP) is 3.19. The molecule has 0 aliphatic heterocycles. The van der Waals surface area contributed by atoms with Gasteiger partial charge >= 0.3 is 0 Å². The molecule has 0 N–H and O–H groups in total. The Kier molecular flexibility index (Phi) is 2.18. The molecule has 0 saturated carbocycles. The minimum absolute atomic E-state index is 0.586. The Morgan fingerprint density at radius 1 is 1.46 bits per heavy atom. The maximum atomic E-state index is 6.09. The van der Waals surface area contributed by atoms with Crippen molar-refractivity contribution < 1.29 is 4.42 Å². The van der Waals surface area contributed by atoms with Gasteiger partial charge in [-0.2, -0.15) is 0 Å². The zero-order chi connectivity index (χ0) is 9.31. The third-order valence-electron chi connectivity index (χ3n) is 1.87. The highest BCUT2D eigenvalue weighted by Gasteiger charge is 2.32. The first-order valence-corrected chi connectivity index (χ1v) is 4.60. The van der Waals surface area contributed by atoms with Crippen LogP contribution in [-0.2, 0) is 0 Å². The van der Waals surface area contributed by atoms with Gasteiger partial charge in [0.25, 0.3) is 0 Å². The van der Waals surface area contributed by atoms with Crippen LogP contribution in [0, 0.1) is 0 Å². The monoisotopic (exact) mass is 215 g/mol. The first-order valence-electron chi connectivity index (χ1n) is 3.84. The summed E-state index contributed by atoms with van der Waals surface area (Å²) in [6.07, 6.45) is 9.20. The van der Waals surface area contributed by atoms with Crippen LogP contribution in [0.4, 0.5) is 0 Å². The first kappa shape index (κ1) is 8.85. The van der Waals surface area contributed by atoms with Gasteiger partial charge in [0.1, 0.15) is 4.33 Å². The molecule has 68 valence electrons. The van der Waals surface area contributed by atoms with Gasteiger partial charge in [0, 0.05) is 12.0 Å². The quantitative estimate of drug-likeness (QED) is 0.673. The molecule has 1 heterocycles. The third kappa shape index (κ3) is 1.64. The van der Waals surface area contributed by atoms with Crippen molar-refractivity contribution >= 4 is 28.8 Å². The van der Waals surface area contributed by atoms with E-state index in [-0.39, 0.29) is 0 Å². The van der Waals surface area contributed by atoms with E-state index in [1.807, 2.05) is 18.2 Å². The number of alkyl halides is 2. The highest BCUT2D eigenvalue weighted by molar-refractivity contribution is 6.54. The Bertz CT molecular complexity index is 352. The van der Waals surface area contributed by atoms with Gasteiger partial charge in [0.05, 0.1) is 6.20 Å². The van der Waals surface area contributed by atoms with E-state index in [0.29, 0.717) is 12.2 Å². The number of hydrogen-bond donors (Lipinski definition) is 0. The van der Waals surface area contributed by atoms with Crippen molar-refractivity contribution in [3.63, 3.8) is 0 Å². The minimum Gasteiger partial charge on any atom is -0.444 e. The lowest BCUT2D eigenvalue weighted by Gasteiger charge is -2.21. The number of hydrogen-bond acceptors (Lipinski definition) is 2. The molecule has 0 atom stereocenters. The van der Waals surface area contributed by atoms with Crippen molar-refractivity contribution in [1.82, 2.24) is 4.98 Å². The zero-order valence-corrected chi connectivity index (χ0v) is 8.22. The molecule has 0 fully saturated rings. The zero-order valence-electron chi connectivity index (χ0n) is 6.71. The number of rotatable bonds is 1. The predicted molar refractivity (Wildman–Crippen MR) is 52.7 cm³/mol. The van der Waals surface area contributed by atoms with Gasteiger partial charge in [0.2, 0.25) is 0 Å². The number of oxazole rings is 1. The average Bonchev–Trinajstić information content (AvgIpc) is 2.55. The molecule has 0 unspecified atom stereocenters. The summed E-state index contributed by atoms with van der Waals surface area (Å²) in [6.45, 7) is 0. The third-order valence-corrected chi connectivity index (χ3v) is 2.58. The topological polar surface area (TPSA) is 26.0 Å². The molecule has 0 amide bonds. The molecular weight excluding hydrogens is 209 g/mol. The maximum absolute atomic E-state index is 6.09. The molecule has 0 spiro atoms. The summed E-state index contributed by atoms with van der Waals surface area (Å²) in [5.74, 6) is 0.620. The number of aromatic nitrogens is 1. The standard InChI is InChI=1S/C9H7Cl2NO/c10-9(11)4-2-1-3-7(9)8-5-12-6-13-8/h1-3,5-6H,4H2. The molecule has 1 aromatic heterocycles. The fraction of sp³-hybridized carbons (Fsp3) is 0.222. The highest BCUT2D eigenvalue weighted by atomic mass is 35.5. The molecule has 0 bridgehead atoms. The Balaban J connectivity index is 2.42. The Morgan fingerprint density at radius 2 is 2.31 bits per heavy atom. The van der Waals surface area contributed by atoms with E-state index in [2.05, 4.69) is 4.98 Å². The number of allylic oxidation sites excluding steroid dienone is 4. The summed E-state index contributed by atoms with van der Waals surface area (Å²) in [7, 11) is 0. The van der Waals surface area contributed by atoms with Crippen molar-refractivity contribution in [3.05, 3.63) is 36.6 Å². The molecule has 2 rings (SSSR count). The van der Waals surface area contributed by atoms with E-state index in [0.717, 1.165) is 5.57 Å². The van der Waals surface area contributed by atoms with Crippen molar-refractivity contribution in [2.24, 2.45) is 0 Å². The minimum atomic E-state index is -0.895. The van der Waals surface area contributed by atoms with Gasteiger partial charge in [-0.25, -0.2) is 4.98 Å². The lowest BCUT2D eigenvalue weighted by Crippen LogP contribution is -2.15. The summed E-state index contributed by atoms with van der Waals surface area (Å²) in [4.78, 5) is 3.81. The second-order valence-electron chi connectivity index (χ2n) is 2.78. The SMILES string of the molecule is ClC1(Cl)CC=CC=C1c1cnco1. The Hall–Kier alpha value is -0.730. The molecule has 1 aliphatic rings. The molecule has 13 heavy (non-hydrogen) atoms. The maximum Gasteiger partial charge on any atom is 0.181 e. The van der Waals surface area contributed by atoms with E-state index >= 15 is 0 Å². The normalized spacial score (nSPS) is 20.0. The van der Waals surface area contributed by atoms with Gasteiger partial charge in [-0.05, 0) is 0 Å². The van der Waals surface area contributed by atoms with Crippen LogP contribution < -0.4 is 0 Å². The van der Waals surface area contributed by atoms with E-state index in [9.17, 15) is 0 Å². The van der Waals surface area contributed by atoms with Gasteiger partial charge in [-0.15, -0.1) is 0 Å².